The first-order chi connectivity index (χ1) is 5.33. The highest BCUT2D eigenvalue weighted by Crippen LogP contribution is 2.02. The van der Waals surface area contributed by atoms with Gasteiger partial charge in [-0.3, -0.25) is 0 Å². The van der Waals surface area contributed by atoms with E-state index in [1.54, 1.807) is 18.2 Å². The number of pyridine rings is 1. The summed E-state index contributed by atoms with van der Waals surface area (Å²) in [6.45, 7) is 4.00. The van der Waals surface area contributed by atoms with Gasteiger partial charge in [-0.25, -0.2) is 4.98 Å². The molecule has 0 unspecified atom stereocenters. The number of hydrogen-bond donors (Lipinski definition) is 0. The summed E-state index contributed by atoms with van der Waals surface area (Å²) in [4.78, 5) is 3.70. The van der Waals surface area contributed by atoms with Crippen molar-refractivity contribution < 1.29 is 0 Å². The van der Waals surface area contributed by atoms with E-state index in [-0.39, 0.29) is 0 Å². The average Bonchev–Trinajstić information content (AvgIpc) is 2.08. The summed E-state index contributed by atoms with van der Waals surface area (Å²) in [6.07, 6.45) is 0. The Morgan fingerprint density at radius 3 is 2.45 bits per heavy atom. The van der Waals surface area contributed by atoms with E-state index in [2.05, 4.69) is 4.98 Å². The van der Waals surface area contributed by atoms with E-state index in [1.165, 1.54) is 0 Å². The van der Waals surface area contributed by atoms with Gasteiger partial charge in [0.1, 0.15) is 16.9 Å². The molecule has 0 radical (unpaired) electrons. The van der Waals surface area contributed by atoms with Crippen LogP contribution in [0.5, 0.6) is 0 Å². The predicted octanol–water partition coefficient (Wildman–Crippen LogP) is 2.63. The van der Waals surface area contributed by atoms with E-state index in [9.17, 15) is 0 Å². The van der Waals surface area contributed by atoms with Gasteiger partial charge in [-0.2, -0.15) is 5.26 Å². The second-order valence-electron chi connectivity index (χ2n) is 1.46. The highest BCUT2D eigenvalue weighted by atomic mass is 35.5. The lowest BCUT2D eigenvalue weighted by Crippen LogP contribution is -1.79. The number of hydrogen-bond acceptors (Lipinski definition) is 2. The van der Waals surface area contributed by atoms with Gasteiger partial charge in [-0.15, -0.1) is 0 Å². The summed E-state index contributed by atoms with van der Waals surface area (Å²) in [6, 6.07) is 6.79. The molecule has 0 saturated carbocycles. The molecule has 0 aromatic carbocycles. The molecule has 3 heteroatoms. The fourth-order valence-corrected chi connectivity index (χ4v) is 0.634. The van der Waals surface area contributed by atoms with Crippen LogP contribution in [0.1, 0.15) is 19.5 Å². The van der Waals surface area contributed by atoms with Crippen molar-refractivity contribution in [2.24, 2.45) is 0 Å². The second kappa shape index (κ2) is 5.70. The Balaban J connectivity index is 0.000000461. The minimum Gasteiger partial charge on any atom is -0.225 e. The lowest BCUT2D eigenvalue weighted by molar-refractivity contribution is 1.26. The first-order valence-corrected chi connectivity index (χ1v) is 3.73. The Kier molecular flexibility index (Phi) is 5.14. The van der Waals surface area contributed by atoms with Crippen LogP contribution in [0.15, 0.2) is 18.2 Å². The molecule has 0 aliphatic heterocycles. The van der Waals surface area contributed by atoms with Crippen molar-refractivity contribution in [3.63, 3.8) is 0 Å². The standard InChI is InChI=1S/C6H3ClN2.C2H6/c7-6-3-1-2-5(4-8)9-6;1-2/h1-3H;1-2H3. The molecule has 0 atom stereocenters. The lowest BCUT2D eigenvalue weighted by atomic mass is 10.4. The average molecular weight is 169 g/mol. The maximum absolute atomic E-state index is 8.29. The van der Waals surface area contributed by atoms with Crippen LogP contribution in [0.4, 0.5) is 0 Å². The van der Waals surface area contributed by atoms with Crippen LogP contribution in [-0.2, 0) is 0 Å². The first kappa shape index (κ1) is 9.93. The Morgan fingerprint density at radius 1 is 1.45 bits per heavy atom. The van der Waals surface area contributed by atoms with Gasteiger partial charge in [-0.05, 0) is 12.1 Å². The van der Waals surface area contributed by atoms with Crippen molar-refractivity contribution in [1.82, 2.24) is 4.98 Å². The highest BCUT2D eigenvalue weighted by Gasteiger charge is 1.89. The highest BCUT2D eigenvalue weighted by molar-refractivity contribution is 6.29. The first-order valence-electron chi connectivity index (χ1n) is 3.35. The number of rotatable bonds is 0. The molecule has 0 aliphatic rings. The molecule has 0 aliphatic carbocycles. The van der Waals surface area contributed by atoms with Crippen molar-refractivity contribution in [1.29, 1.82) is 5.26 Å². The molecule has 0 saturated heterocycles. The zero-order valence-electron chi connectivity index (χ0n) is 6.50. The Bertz CT molecular complexity index is 253. The van der Waals surface area contributed by atoms with Crippen molar-refractivity contribution in [3.8, 4) is 6.07 Å². The summed E-state index contributed by atoms with van der Waals surface area (Å²) in [5, 5.41) is 8.65. The largest absolute Gasteiger partial charge is 0.225 e. The van der Waals surface area contributed by atoms with E-state index in [0.29, 0.717) is 10.8 Å². The maximum Gasteiger partial charge on any atom is 0.142 e. The summed E-state index contributed by atoms with van der Waals surface area (Å²) < 4.78 is 0. The van der Waals surface area contributed by atoms with E-state index < -0.39 is 0 Å². The molecule has 1 heterocycles. The van der Waals surface area contributed by atoms with Crippen molar-refractivity contribution in [2.45, 2.75) is 13.8 Å². The maximum atomic E-state index is 8.29. The normalized spacial score (nSPS) is 7.45. The van der Waals surface area contributed by atoms with Crippen molar-refractivity contribution in [2.75, 3.05) is 0 Å². The van der Waals surface area contributed by atoms with Gasteiger partial charge in [0, 0.05) is 0 Å². The number of nitrogens with zero attached hydrogens (tertiary/aromatic N) is 2. The molecule has 0 bridgehead atoms. The topological polar surface area (TPSA) is 36.7 Å². The Labute approximate surface area is 71.4 Å². The number of halogens is 1. The molecule has 1 aromatic rings. The second-order valence-corrected chi connectivity index (χ2v) is 1.84. The molecule has 0 N–H and O–H groups in total. The van der Waals surface area contributed by atoms with Gasteiger partial charge in [-0.1, -0.05) is 31.5 Å². The molecule has 1 aromatic heterocycles. The fraction of sp³-hybridized carbons (Fsp3) is 0.250. The minimum atomic E-state index is 0.350. The summed E-state index contributed by atoms with van der Waals surface area (Å²) in [5.41, 5.74) is 0.350. The third-order valence-electron chi connectivity index (χ3n) is 0.830. The lowest BCUT2D eigenvalue weighted by Gasteiger charge is -1.85. The zero-order chi connectivity index (χ0) is 8.69. The smallest absolute Gasteiger partial charge is 0.142 e. The van der Waals surface area contributed by atoms with E-state index in [0.717, 1.165) is 0 Å². The van der Waals surface area contributed by atoms with E-state index in [4.69, 9.17) is 16.9 Å². The molecule has 0 amide bonds. The molecule has 1 rings (SSSR count). The molecular formula is C8H9ClN2. The van der Waals surface area contributed by atoms with Gasteiger partial charge < -0.3 is 0 Å². The van der Waals surface area contributed by atoms with E-state index >= 15 is 0 Å². The van der Waals surface area contributed by atoms with Crippen LogP contribution < -0.4 is 0 Å². The summed E-state index contributed by atoms with van der Waals surface area (Å²) in [5.74, 6) is 0. The van der Waals surface area contributed by atoms with Crippen LogP contribution in [0.3, 0.4) is 0 Å². The number of aromatic nitrogens is 1. The van der Waals surface area contributed by atoms with Crippen molar-refractivity contribution in [3.05, 3.63) is 29.0 Å². The zero-order valence-corrected chi connectivity index (χ0v) is 7.26. The predicted molar refractivity (Wildman–Crippen MR) is 45.3 cm³/mol. The Morgan fingerprint density at radius 2 is 2.09 bits per heavy atom. The van der Waals surface area contributed by atoms with Gasteiger partial charge in [0.15, 0.2) is 0 Å². The molecule has 0 fully saturated rings. The van der Waals surface area contributed by atoms with Crippen LogP contribution >= 0.6 is 11.6 Å². The van der Waals surface area contributed by atoms with E-state index in [1.807, 2.05) is 19.9 Å². The van der Waals surface area contributed by atoms with Crippen LogP contribution in [-0.4, -0.2) is 4.98 Å². The van der Waals surface area contributed by atoms with Gasteiger partial charge >= 0.3 is 0 Å². The summed E-state index contributed by atoms with van der Waals surface area (Å²) >= 11 is 5.46. The van der Waals surface area contributed by atoms with Crippen LogP contribution in [0.2, 0.25) is 5.15 Å². The van der Waals surface area contributed by atoms with Gasteiger partial charge in [0.2, 0.25) is 0 Å². The number of nitriles is 1. The molecule has 58 valence electrons. The molecular weight excluding hydrogens is 160 g/mol. The third kappa shape index (κ3) is 3.59. The fourth-order valence-electron chi connectivity index (χ4n) is 0.471. The van der Waals surface area contributed by atoms with Gasteiger partial charge in [0.05, 0.1) is 0 Å². The van der Waals surface area contributed by atoms with Crippen LogP contribution in [0, 0.1) is 11.3 Å². The minimum absolute atomic E-state index is 0.350. The summed E-state index contributed by atoms with van der Waals surface area (Å²) in [7, 11) is 0. The quantitative estimate of drug-likeness (QED) is 0.559. The van der Waals surface area contributed by atoms with Gasteiger partial charge in [0.25, 0.3) is 0 Å². The van der Waals surface area contributed by atoms with Crippen LogP contribution in [0.25, 0.3) is 0 Å². The molecule has 2 nitrogen and oxygen atoms in total. The van der Waals surface area contributed by atoms with Crippen molar-refractivity contribution >= 4 is 11.6 Å². The molecule has 11 heavy (non-hydrogen) atoms. The Hall–Kier alpha value is -1.07. The SMILES string of the molecule is CC.N#Cc1cccc(Cl)n1. The monoisotopic (exact) mass is 168 g/mol. The third-order valence-corrected chi connectivity index (χ3v) is 1.04. The molecule has 0 spiro atoms.